The first-order valence-corrected chi connectivity index (χ1v) is 15.8. The number of ether oxygens (including phenoxy) is 2. The number of rotatable bonds is 4. The van der Waals surface area contributed by atoms with E-state index in [1.807, 2.05) is 13.0 Å². The van der Waals surface area contributed by atoms with Crippen molar-refractivity contribution in [2.45, 2.75) is 112 Å². The standard InChI is InChI=1S/C35H50O7/c1-30(2)24-11-14-35(7)28(33(24,5)13-12-25(30)42-27(38)10-9-26(37)41-8)23(36)19-21-22-20-32(4,29(39)40)16-15-31(22,3)17-18-34(21,35)6/h9-10,19,22,24-25,28H,11-18,20H2,1-8H3,(H,39,40)/b10-9+/t22-,24-,25-,28+,31+,32-,33-,34+,35+/m0/s1. The highest BCUT2D eigenvalue weighted by Gasteiger charge is 2.70. The van der Waals surface area contributed by atoms with Gasteiger partial charge in [0.15, 0.2) is 5.78 Å². The van der Waals surface area contributed by atoms with E-state index in [1.165, 1.54) is 12.7 Å². The van der Waals surface area contributed by atoms with Crippen molar-refractivity contribution in [1.29, 1.82) is 0 Å². The van der Waals surface area contributed by atoms with Crippen molar-refractivity contribution >= 4 is 23.7 Å². The lowest BCUT2D eigenvalue weighted by molar-refractivity contribution is -0.209. The molecule has 5 aliphatic rings. The fraction of sp³-hybridized carbons (Fsp3) is 0.771. The van der Waals surface area contributed by atoms with Gasteiger partial charge < -0.3 is 14.6 Å². The monoisotopic (exact) mass is 582 g/mol. The minimum Gasteiger partial charge on any atom is -0.481 e. The first-order chi connectivity index (χ1) is 19.4. The Morgan fingerprint density at radius 3 is 2.17 bits per heavy atom. The van der Waals surface area contributed by atoms with E-state index in [0.29, 0.717) is 19.3 Å². The third kappa shape index (κ3) is 4.26. The smallest absolute Gasteiger partial charge is 0.331 e. The predicted octanol–water partition coefficient (Wildman–Crippen LogP) is 6.69. The minimum absolute atomic E-state index is 0.0249. The number of hydrogen-bond donors (Lipinski definition) is 1. The molecular formula is C35H50O7. The Balaban J connectivity index is 1.48. The number of carbonyl (C=O) groups excluding carboxylic acids is 3. The van der Waals surface area contributed by atoms with E-state index in [-0.39, 0.29) is 56.7 Å². The summed E-state index contributed by atoms with van der Waals surface area (Å²) in [4.78, 5) is 50.9. The Hall–Kier alpha value is -2.44. The second-order valence-corrected chi connectivity index (χ2v) is 16.2. The van der Waals surface area contributed by atoms with Gasteiger partial charge >= 0.3 is 17.9 Å². The number of aliphatic carboxylic acids is 1. The van der Waals surface area contributed by atoms with Gasteiger partial charge in [0.1, 0.15) is 6.10 Å². The van der Waals surface area contributed by atoms with Crippen LogP contribution in [0.5, 0.6) is 0 Å². The number of methoxy groups -OCH3 is 1. The van der Waals surface area contributed by atoms with Crippen molar-refractivity contribution in [3.8, 4) is 0 Å². The van der Waals surface area contributed by atoms with Crippen molar-refractivity contribution in [3.63, 3.8) is 0 Å². The van der Waals surface area contributed by atoms with Crippen LogP contribution in [-0.2, 0) is 28.7 Å². The molecule has 0 aromatic rings. The van der Waals surface area contributed by atoms with E-state index in [1.54, 1.807) is 0 Å². The van der Waals surface area contributed by atoms with Crippen molar-refractivity contribution in [3.05, 3.63) is 23.8 Å². The van der Waals surface area contributed by atoms with Crippen molar-refractivity contribution in [1.82, 2.24) is 0 Å². The Morgan fingerprint density at radius 2 is 1.52 bits per heavy atom. The minimum atomic E-state index is -0.764. The van der Waals surface area contributed by atoms with Crippen LogP contribution in [0.3, 0.4) is 0 Å². The molecule has 7 heteroatoms. The summed E-state index contributed by atoms with van der Waals surface area (Å²) in [7, 11) is 1.26. The van der Waals surface area contributed by atoms with Gasteiger partial charge in [0, 0.05) is 23.5 Å². The maximum atomic E-state index is 14.5. The van der Waals surface area contributed by atoms with E-state index in [0.717, 1.165) is 50.7 Å². The van der Waals surface area contributed by atoms with Gasteiger partial charge in [-0.25, -0.2) is 9.59 Å². The Kier molecular flexibility index (Phi) is 7.22. The molecule has 7 nitrogen and oxygen atoms in total. The summed E-state index contributed by atoms with van der Waals surface area (Å²) in [6.45, 7) is 15.6. The molecule has 0 heterocycles. The highest BCUT2D eigenvalue weighted by Crippen LogP contribution is 2.75. The molecule has 0 saturated heterocycles. The summed E-state index contributed by atoms with van der Waals surface area (Å²) in [6, 6.07) is 0. The van der Waals surface area contributed by atoms with Gasteiger partial charge in [-0.3, -0.25) is 9.59 Å². The molecule has 0 spiro atoms. The first kappa shape index (κ1) is 31.0. The largest absolute Gasteiger partial charge is 0.481 e. The Labute approximate surface area is 250 Å². The van der Waals surface area contributed by atoms with E-state index in [4.69, 9.17) is 4.74 Å². The molecule has 4 saturated carbocycles. The number of allylic oxidation sites excluding steroid dienone is 2. The number of ketones is 1. The molecule has 1 N–H and O–H groups in total. The molecule has 0 unspecified atom stereocenters. The number of carbonyl (C=O) groups is 4. The van der Waals surface area contributed by atoms with Crippen LogP contribution in [0.15, 0.2) is 23.8 Å². The molecule has 0 radical (unpaired) electrons. The molecule has 4 fully saturated rings. The maximum absolute atomic E-state index is 14.5. The van der Waals surface area contributed by atoms with Gasteiger partial charge in [0.2, 0.25) is 0 Å². The molecule has 0 aliphatic heterocycles. The maximum Gasteiger partial charge on any atom is 0.331 e. The summed E-state index contributed by atoms with van der Waals surface area (Å²) in [5, 5.41) is 10.1. The van der Waals surface area contributed by atoms with Crippen LogP contribution < -0.4 is 0 Å². The second kappa shape index (κ2) is 9.79. The van der Waals surface area contributed by atoms with Crippen LogP contribution in [0.1, 0.15) is 106 Å². The first-order valence-electron chi connectivity index (χ1n) is 15.8. The van der Waals surface area contributed by atoms with E-state index < -0.39 is 23.3 Å². The molecule has 42 heavy (non-hydrogen) atoms. The summed E-state index contributed by atoms with van der Waals surface area (Å²) >= 11 is 0. The van der Waals surface area contributed by atoms with Crippen molar-refractivity contribution in [2.75, 3.05) is 7.11 Å². The van der Waals surface area contributed by atoms with Gasteiger partial charge in [0.05, 0.1) is 12.5 Å². The van der Waals surface area contributed by atoms with Gasteiger partial charge in [-0.15, -0.1) is 0 Å². The normalized spacial score (nSPS) is 45.9. The van der Waals surface area contributed by atoms with Crippen LogP contribution in [0, 0.1) is 50.2 Å². The summed E-state index contributed by atoms with van der Waals surface area (Å²) in [5.74, 6) is -1.54. The predicted molar refractivity (Wildman–Crippen MR) is 158 cm³/mol. The lowest BCUT2D eigenvalue weighted by atomic mass is 9.33. The molecule has 0 amide bonds. The molecule has 0 bridgehead atoms. The Morgan fingerprint density at radius 1 is 0.881 bits per heavy atom. The van der Waals surface area contributed by atoms with Gasteiger partial charge in [0.25, 0.3) is 0 Å². The third-order valence-corrected chi connectivity index (χ3v) is 13.8. The van der Waals surface area contributed by atoms with Crippen LogP contribution >= 0.6 is 0 Å². The SMILES string of the molecule is COC(=O)/C=C/C(=O)O[C@H]1CC[C@]2(C)[C@H]3C(=O)C=C4[C@@H]5C[C@@](C)(C(=O)O)CC[C@]5(C)CC[C@@]4(C)[C@]3(C)CC[C@H]2C1(C)C. The van der Waals surface area contributed by atoms with Crippen LogP contribution in [0.25, 0.3) is 0 Å². The average molecular weight is 583 g/mol. The second-order valence-electron chi connectivity index (χ2n) is 16.2. The lowest BCUT2D eigenvalue weighted by Gasteiger charge is -2.70. The zero-order chi connectivity index (χ0) is 31.1. The molecule has 5 aliphatic carbocycles. The zero-order valence-corrected chi connectivity index (χ0v) is 26.8. The molecule has 0 aromatic carbocycles. The van der Waals surface area contributed by atoms with E-state index in [9.17, 15) is 24.3 Å². The van der Waals surface area contributed by atoms with Crippen molar-refractivity contribution in [2.24, 2.45) is 50.2 Å². The molecule has 9 atom stereocenters. The topological polar surface area (TPSA) is 107 Å². The highest BCUT2D eigenvalue weighted by atomic mass is 16.5. The molecular weight excluding hydrogens is 532 g/mol. The summed E-state index contributed by atoms with van der Waals surface area (Å²) < 4.78 is 10.5. The zero-order valence-electron chi connectivity index (χ0n) is 26.8. The van der Waals surface area contributed by atoms with Crippen molar-refractivity contribution < 1.29 is 33.8 Å². The number of carboxylic acids is 1. The van der Waals surface area contributed by atoms with Crippen LogP contribution in [-0.4, -0.2) is 42.0 Å². The number of hydrogen-bond acceptors (Lipinski definition) is 6. The number of fused-ring (bicyclic) bond motifs is 7. The lowest BCUT2D eigenvalue weighted by Crippen LogP contribution is -2.66. The fourth-order valence-corrected chi connectivity index (χ4v) is 10.9. The number of esters is 2. The summed E-state index contributed by atoms with van der Waals surface area (Å²) in [5.41, 5.74) is -0.545. The fourth-order valence-electron chi connectivity index (χ4n) is 10.9. The van der Waals surface area contributed by atoms with Gasteiger partial charge in [-0.05, 0) is 104 Å². The van der Waals surface area contributed by atoms with Gasteiger partial charge in [-0.1, -0.05) is 47.1 Å². The van der Waals surface area contributed by atoms with E-state index in [2.05, 4.69) is 46.3 Å². The van der Waals surface area contributed by atoms with Gasteiger partial charge in [-0.2, -0.15) is 0 Å². The molecule has 5 rings (SSSR count). The molecule has 0 aromatic heterocycles. The third-order valence-electron chi connectivity index (χ3n) is 13.8. The van der Waals surface area contributed by atoms with Crippen LogP contribution in [0.4, 0.5) is 0 Å². The number of carboxylic acid groups (broad SMARTS) is 1. The quantitative estimate of drug-likeness (QED) is 0.291. The highest BCUT2D eigenvalue weighted by molar-refractivity contribution is 5.96. The van der Waals surface area contributed by atoms with E-state index >= 15 is 0 Å². The van der Waals surface area contributed by atoms with Crippen LogP contribution in [0.2, 0.25) is 0 Å². The Bertz CT molecular complexity index is 1260. The average Bonchev–Trinajstić information content (AvgIpc) is 2.91. The summed E-state index contributed by atoms with van der Waals surface area (Å²) in [6.07, 6.45) is 11.4. The molecule has 232 valence electrons.